The molecule has 0 radical (unpaired) electrons. The third-order valence-corrected chi connectivity index (χ3v) is 2.95. The van der Waals surface area contributed by atoms with Gasteiger partial charge >= 0.3 is 5.97 Å². The lowest BCUT2D eigenvalue weighted by Crippen LogP contribution is -2.38. The molecular weight excluding hydrogens is 252 g/mol. The number of methoxy groups -OCH3 is 1. The van der Waals surface area contributed by atoms with E-state index in [1.54, 1.807) is 6.92 Å². The number of ether oxygens (including phenoxy) is 2. The van der Waals surface area contributed by atoms with Gasteiger partial charge in [0.15, 0.2) is 6.04 Å². The Labute approximate surface area is 98.5 Å². The molecule has 1 unspecified atom stereocenters. The Bertz CT molecular complexity index is 431. The van der Waals surface area contributed by atoms with Crippen molar-refractivity contribution in [3.8, 4) is 0 Å². The smallest absolute Gasteiger partial charge is 0.334 e. The molecule has 0 aromatic rings. The molecule has 0 bridgehead atoms. The van der Waals surface area contributed by atoms with Crippen LogP contribution >= 0.6 is 0 Å². The number of carbonyl (C=O) groups is 1. The van der Waals surface area contributed by atoms with Gasteiger partial charge in [0.1, 0.15) is 6.10 Å². The second-order valence-electron chi connectivity index (χ2n) is 3.61. The SMILES string of the molecule is COC(=O)[C@H]1N=C(C(N)CS(=O)(=O)O)O[C@H]1C. The molecule has 0 saturated heterocycles. The van der Waals surface area contributed by atoms with Crippen LogP contribution in [0.1, 0.15) is 6.92 Å². The number of rotatable bonds is 4. The summed E-state index contributed by atoms with van der Waals surface area (Å²) in [6.07, 6.45) is -0.579. The van der Waals surface area contributed by atoms with Gasteiger partial charge < -0.3 is 15.2 Å². The number of hydrogen-bond donors (Lipinski definition) is 2. The van der Waals surface area contributed by atoms with Crippen molar-refractivity contribution in [1.82, 2.24) is 0 Å². The second kappa shape index (κ2) is 4.98. The summed E-state index contributed by atoms with van der Waals surface area (Å²) >= 11 is 0. The minimum Gasteiger partial charge on any atom is -0.474 e. The minimum absolute atomic E-state index is 0.0782. The average molecular weight is 266 g/mol. The van der Waals surface area contributed by atoms with Gasteiger partial charge in [-0.1, -0.05) is 0 Å². The summed E-state index contributed by atoms with van der Waals surface area (Å²) in [6, 6.07) is -1.97. The van der Waals surface area contributed by atoms with Crippen LogP contribution < -0.4 is 5.73 Å². The summed E-state index contributed by atoms with van der Waals surface area (Å²) in [7, 11) is -3.01. The lowest BCUT2D eigenvalue weighted by Gasteiger charge is -2.12. The second-order valence-corrected chi connectivity index (χ2v) is 5.11. The predicted octanol–water partition coefficient (Wildman–Crippen LogP) is -1.44. The van der Waals surface area contributed by atoms with E-state index < -0.39 is 40.0 Å². The molecule has 1 aliphatic heterocycles. The largest absolute Gasteiger partial charge is 0.474 e. The van der Waals surface area contributed by atoms with Gasteiger partial charge in [0.05, 0.1) is 18.9 Å². The maximum atomic E-state index is 11.3. The van der Waals surface area contributed by atoms with E-state index in [4.69, 9.17) is 15.0 Å². The van der Waals surface area contributed by atoms with Gasteiger partial charge in [-0.3, -0.25) is 4.55 Å². The van der Waals surface area contributed by atoms with Crippen molar-refractivity contribution in [1.29, 1.82) is 0 Å². The van der Waals surface area contributed by atoms with Crippen LogP contribution in [-0.4, -0.2) is 55.9 Å². The summed E-state index contributed by atoms with van der Waals surface area (Å²) in [5, 5.41) is 0. The molecule has 0 aliphatic carbocycles. The first-order chi connectivity index (χ1) is 7.74. The molecule has 1 aliphatic rings. The van der Waals surface area contributed by atoms with Crippen molar-refractivity contribution in [2.45, 2.75) is 25.1 Å². The average Bonchev–Trinajstić information content (AvgIpc) is 2.57. The number of aliphatic imine (C=N–C) groups is 1. The molecule has 9 heteroatoms. The molecule has 0 aromatic heterocycles. The van der Waals surface area contributed by atoms with E-state index in [0.717, 1.165) is 0 Å². The molecular formula is C8H14N2O6S. The van der Waals surface area contributed by atoms with E-state index in [9.17, 15) is 13.2 Å². The fraction of sp³-hybridized carbons (Fsp3) is 0.750. The fourth-order valence-corrected chi connectivity index (χ4v) is 1.97. The van der Waals surface area contributed by atoms with Gasteiger partial charge in [0.2, 0.25) is 5.90 Å². The molecule has 0 spiro atoms. The molecule has 17 heavy (non-hydrogen) atoms. The zero-order valence-electron chi connectivity index (χ0n) is 9.36. The highest BCUT2D eigenvalue weighted by Gasteiger charge is 2.36. The first-order valence-electron chi connectivity index (χ1n) is 4.77. The van der Waals surface area contributed by atoms with Crippen LogP contribution in [0.15, 0.2) is 4.99 Å². The van der Waals surface area contributed by atoms with Gasteiger partial charge in [0.25, 0.3) is 10.1 Å². The molecule has 3 atom stereocenters. The molecule has 0 aromatic carbocycles. The normalized spacial score (nSPS) is 26.0. The van der Waals surface area contributed by atoms with Crippen molar-refractivity contribution in [3.63, 3.8) is 0 Å². The number of nitrogens with zero attached hydrogens (tertiary/aromatic N) is 1. The molecule has 1 heterocycles. The lowest BCUT2D eigenvalue weighted by atomic mass is 10.2. The summed E-state index contributed by atoms with van der Waals surface area (Å²) in [4.78, 5) is 15.1. The Morgan fingerprint density at radius 1 is 1.71 bits per heavy atom. The molecule has 8 nitrogen and oxygen atoms in total. The van der Waals surface area contributed by atoms with E-state index in [0.29, 0.717) is 0 Å². The summed E-state index contributed by atoms with van der Waals surface area (Å²) in [6.45, 7) is 1.58. The molecule has 1 rings (SSSR count). The monoisotopic (exact) mass is 266 g/mol. The Balaban J connectivity index is 2.77. The van der Waals surface area contributed by atoms with Crippen molar-refractivity contribution in [3.05, 3.63) is 0 Å². The third kappa shape index (κ3) is 3.65. The zero-order valence-corrected chi connectivity index (χ0v) is 10.2. The van der Waals surface area contributed by atoms with Gasteiger partial charge in [0, 0.05) is 0 Å². The number of nitrogens with two attached hydrogens (primary N) is 1. The van der Waals surface area contributed by atoms with Crippen LogP contribution in [0.4, 0.5) is 0 Å². The molecule has 0 amide bonds. The van der Waals surface area contributed by atoms with E-state index in [1.807, 2.05) is 0 Å². The summed E-state index contributed by atoms with van der Waals surface area (Å²) in [5.74, 6) is -1.39. The molecule has 0 saturated carbocycles. The van der Waals surface area contributed by atoms with E-state index in [-0.39, 0.29) is 5.90 Å². The fourth-order valence-electron chi connectivity index (χ4n) is 1.37. The van der Waals surface area contributed by atoms with Crippen LogP contribution in [-0.2, 0) is 24.4 Å². The van der Waals surface area contributed by atoms with E-state index >= 15 is 0 Å². The number of carbonyl (C=O) groups excluding carboxylic acids is 1. The summed E-state index contributed by atoms with van der Waals surface area (Å²) in [5.41, 5.74) is 5.48. The zero-order chi connectivity index (χ0) is 13.2. The van der Waals surface area contributed by atoms with Gasteiger partial charge in [-0.2, -0.15) is 8.42 Å². The van der Waals surface area contributed by atoms with Crippen LogP contribution in [0.2, 0.25) is 0 Å². The van der Waals surface area contributed by atoms with Crippen molar-refractivity contribution >= 4 is 22.0 Å². The minimum atomic E-state index is -4.22. The quantitative estimate of drug-likeness (QED) is 0.471. The van der Waals surface area contributed by atoms with Gasteiger partial charge in [-0.05, 0) is 6.92 Å². The van der Waals surface area contributed by atoms with E-state index in [1.165, 1.54) is 7.11 Å². The maximum Gasteiger partial charge on any atom is 0.334 e. The third-order valence-electron chi connectivity index (χ3n) is 2.17. The Hall–Kier alpha value is -1.19. The van der Waals surface area contributed by atoms with E-state index in [2.05, 4.69) is 9.73 Å². The van der Waals surface area contributed by atoms with Crippen LogP contribution in [0.3, 0.4) is 0 Å². The Kier molecular flexibility index (Phi) is 4.07. The van der Waals surface area contributed by atoms with Crippen LogP contribution in [0.25, 0.3) is 0 Å². The number of hydrogen-bond acceptors (Lipinski definition) is 7. The summed E-state index contributed by atoms with van der Waals surface area (Å²) < 4.78 is 39.5. The van der Waals surface area contributed by atoms with Gasteiger partial charge in [-0.25, -0.2) is 9.79 Å². The van der Waals surface area contributed by atoms with Crippen molar-refractivity contribution < 1.29 is 27.2 Å². The Morgan fingerprint density at radius 3 is 2.76 bits per heavy atom. The van der Waals surface area contributed by atoms with Crippen molar-refractivity contribution in [2.24, 2.45) is 10.7 Å². The molecule has 0 fully saturated rings. The Morgan fingerprint density at radius 2 is 2.29 bits per heavy atom. The highest BCUT2D eigenvalue weighted by atomic mass is 32.2. The molecule has 3 N–H and O–H groups in total. The highest BCUT2D eigenvalue weighted by molar-refractivity contribution is 7.85. The highest BCUT2D eigenvalue weighted by Crippen LogP contribution is 2.16. The lowest BCUT2D eigenvalue weighted by molar-refractivity contribution is -0.143. The standard InChI is InChI=1S/C8H14N2O6S/c1-4-6(8(11)15-2)10-7(16-4)5(9)3-17(12,13)14/h4-6H,3,9H2,1-2H3,(H,12,13,14)/t4-,5?,6-/m0/s1. The number of esters is 1. The maximum absolute atomic E-state index is 11.3. The first-order valence-corrected chi connectivity index (χ1v) is 6.38. The first kappa shape index (κ1) is 13.9. The predicted molar refractivity (Wildman–Crippen MR) is 58.2 cm³/mol. The van der Waals surface area contributed by atoms with Crippen molar-refractivity contribution in [2.75, 3.05) is 12.9 Å². The topological polar surface area (TPSA) is 128 Å². The molecule has 98 valence electrons. The van der Waals surface area contributed by atoms with Crippen LogP contribution in [0, 0.1) is 0 Å². The van der Waals surface area contributed by atoms with Crippen LogP contribution in [0.5, 0.6) is 0 Å². The van der Waals surface area contributed by atoms with Gasteiger partial charge in [-0.15, -0.1) is 0 Å².